The van der Waals surface area contributed by atoms with Gasteiger partial charge >= 0.3 is 5.82 Å². The van der Waals surface area contributed by atoms with Crippen LogP contribution in [0.5, 0.6) is 0 Å². The highest BCUT2D eigenvalue weighted by molar-refractivity contribution is 5.92. The fourth-order valence-electron chi connectivity index (χ4n) is 2.20. The second-order valence-corrected chi connectivity index (χ2v) is 5.52. The van der Waals surface area contributed by atoms with Gasteiger partial charge in [0, 0.05) is 5.69 Å². The molecular formula is C16H20N4O3. The standard InChI is InChI=1S/C16H20N4O3/c1-4-13-5-7-14(8-6-13)17-16(21)11(2)10-19-12(3)9-15(18-19)20(22)23/h5-9,11H,4,10H2,1-3H3,(H,17,21). The number of rotatable bonds is 6. The number of anilines is 1. The smallest absolute Gasteiger partial charge is 0.358 e. The van der Waals surface area contributed by atoms with Gasteiger partial charge in [-0.1, -0.05) is 26.0 Å². The van der Waals surface area contributed by atoms with Gasteiger partial charge in [-0.3, -0.25) is 4.79 Å². The number of benzene rings is 1. The second kappa shape index (κ2) is 7.04. The van der Waals surface area contributed by atoms with E-state index in [0.29, 0.717) is 12.2 Å². The van der Waals surface area contributed by atoms with Crippen LogP contribution < -0.4 is 5.32 Å². The first-order chi connectivity index (χ1) is 10.9. The highest BCUT2D eigenvalue weighted by Crippen LogP contribution is 2.15. The normalized spacial score (nSPS) is 12.0. The van der Waals surface area contributed by atoms with Crippen molar-refractivity contribution in [2.24, 2.45) is 5.92 Å². The minimum Gasteiger partial charge on any atom is -0.358 e. The molecular weight excluding hydrogens is 296 g/mol. The van der Waals surface area contributed by atoms with E-state index in [1.54, 1.807) is 13.8 Å². The Morgan fingerprint density at radius 2 is 2.04 bits per heavy atom. The molecule has 1 heterocycles. The molecule has 122 valence electrons. The maximum Gasteiger partial charge on any atom is 0.390 e. The van der Waals surface area contributed by atoms with Crippen molar-refractivity contribution in [2.45, 2.75) is 33.7 Å². The van der Waals surface area contributed by atoms with Crippen LogP contribution >= 0.6 is 0 Å². The number of carbonyl (C=O) groups excluding carboxylic acids is 1. The van der Waals surface area contributed by atoms with Gasteiger partial charge in [-0.25, -0.2) is 0 Å². The average molecular weight is 316 g/mol. The first-order valence-corrected chi connectivity index (χ1v) is 7.49. The summed E-state index contributed by atoms with van der Waals surface area (Å²) < 4.78 is 1.49. The number of aromatic nitrogens is 2. The summed E-state index contributed by atoms with van der Waals surface area (Å²) in [6.45, 7) is 5.86. The molecule has 0 spiro atoms. The maximum atomic E-state index is 12.2. The monoisotopic (exact) mass is 316 g/mol. The Labute approximate surface area is 134 Å². The number of aryl methyl sites for hydroxylation is 2. The molecule has 0 aliphatic heterocycles. The van der Waals surface area contributed by atoms with Crippen LogP contribution in [0.3, 0.4) is 0 Å². The molecule has 1 N–H and O–H groups in total. The molecule has 0 saturated carbocycles. The van der Waals surface area contributed by atoms with Crippen LogP contribution in [-0.2, 0) is 17.8 Å². The van der Waals surface area contributed by atoms with Crippen LogP contribution in [0.25, 0.3) is 0 Å². The van der Waals surface area contributed by atoms with Crippen LogP contribution in [-0.4, -0.2) is 20.6 Å². The van der Waals surface area contributed by atoms with Crippen molar-refractivity contribution in [3.8, 4) is 0 Å². The topological polar surface area (TPSA) is 90.1 Å². The molecule has 23 heavy (non-hydrogen) atoms. The lowest BCUT2D eigenvalue weighted by Crippen LogP contribution is -2.25. The Morgan fingerprint density at radius 3 is 2.57 bits per heavy atom. The van der Waals surface area contributed by atoms with Crippen molar-refractivity contribution in [3.63, 3.8) is 0 Å². The van der Waals surface area contributed by atoms with E-state index in [4.69, 9.17) is 0 Å². The summed E-state index contributed by atoms with van der Waals surface area (Å²) in [5.41, 5.74) is 2.60. The Balaban J connectivity index is 2.00. The molecule has 0 bridgehead atoms. The minimum atomic E-state index is -0.538. The molecule has 0 saturated heterocycles. The number of hydrogen-bond acceptors (Lipinski definition) is 4. The third kappa shape index (κ3) is 4.15. The third-order valence-electron chi connectivity index (χ3n) is 3.68. The fourth-order valence-corrected chi connectivity index (χ4v) is 2.20. The largest absolute Gasteiger partial charge is 0.390 e. The van der Waals surface area contributed by atoms with E-state index in [1.807, 2.05) is 24.3 Å². The summed E-state index contributed by atoms with van der Waals surface area (Å²) in [5, 5.41) is 17.5. The molecule has 7 heteroatoms. The molecule has 0 radical (unpaired) electrons. The molecule has 1 amide bonds. The van der Waals surface area contributed by atoms with Gasteiger partial charge in [0.25, 0.3) is 0 Å². The van der Waals surface area contributed by atoms with Gasteiger partial charge < -0.3 is 15.4 Å². The van der Waals surface area contributed by atoms with Gasteiger partial charge in [-0.2, -0.15) is 4.68 Å². The van der Waals surface area contributed by atoms with Crippen molar-refractivity contribution in [1.29, 1.82) is 0 Å². The van der Waals surface area contributed by atoms with Gasteiger partial charge in [0.1, 0.15) is 0 Å². The number of amides is 1. The van der Waals surface area contributed by atoms with Gasteiger partial charge in [0.05, 0.1) is 29.3 Å². The van der Waals surface area contributed by atoms with Crippen LogP contribution in [0.1, 0.15) is 25.1 Å². The lowest BCUT2D eigenvalue weighted by molar-refractivity contribution is -0.389. The second-order valence-electron chi connectivity index (χ2n) is 5.52. The summed E-state index contributed by atoms with van der Waals surface area (Å²) >= 11 is 0. The summed E-state index contributed by atoms with van der Waals surface area (Å²) in [7, 11) is 0. The summed E-state index contributed by atoms with van der Waals surface area (Å²) in [6, 6.07) is 9.08. The van der Waals surface area contributed by atoms with Gasteiger partial charge in [-0.05, 0) is 36.0 Å². The number of nitrogens with one attached hydrogen (secondary N) is 1. The first kappa shape index (κ1) is 16.7. The van der Waals surface area contributed by atoms with Crippen molar-refractivity contribution < 1.29 is 9.72 Å². The van der Waals surface area contributed by atoms with E-state index in [1.165, 1.54) is 16.3 Å². The number of hydrogen-bond donors (Lipinski definition) is 1. The van der Waals surface area contributed by atoms with Crippen LogP contribution in [0.15, 0.2) is 30.3 Å². The Bertz CT molecular complexity index is 707. The van der Waals surface area contributed by atoms with E-state index in [9.17, 15) is 14.9 Å². The molecule has 1 aromatic heterocycles. The molecule has 0 aliphatic rings. The highest BCUT2D eigenvalue weighted by atomic mass is 16.6. The summed E-state index contributed by atoms with van der Waals surface area (Å²) in [4.78, 5) is 22.4. The van der Waals surface area contributed by atoms with E-state index in [-0.39, 0.29) is 17.6 Å². The number of nitrogens with zero attached hydrogens (tertiary/aromatic N) is 3. The molecule has 1 aromatic carbocycles. The minimum absolute atomic E-state index is 0.146. The van der Waals surface area contributed by atoms with Crippen molar-refractivity contribution in [1.82, 2.24) is 9.78 Å². The highest BCUT2D eigenvalue weighted by Gasteiger charge is 2.20. The molecule has 7 nitrogen and oxygen atoms in total. The van der Waals surface area contributed by atoms with Gasteiger partial charge in [-0.15, -0.1) is 0 Å². The molecule has 2 aromatic rings. The Morgan fingerprint density at radius 1 is 1.39 bits per heavy atom. The van der Waals surface area contributed by atoms with E-state index in [2.05, 4.69) is 17.3 Å². The van der Waals surface area contributed by atoms with Gasteiger partial charge in [0.15, 0.2) is 0 Å². The summed E-state index contributed by atoms with van der Waals surface area (Å²) in [5.74, 6) is -0.712. The zero-order valence-electron chi connectivity index (χ0n) is 13.4. The molecule has 2 rings (SSSR count). The molecule has 0 fully saturated rings. The average Bonchev–Trinajstić information content (AvgIpc) is 2.89. The lowest BCUT2D eigenvalue weighted by Gasteiger charge is -2.12. The number of carbonyl (C=O) groups is 1. The predicted octanol–water partition coefficient (Wildman–Crippen LogP) is 2.94. The van der Waals surface area contributed by atoms with E-state index < -0.39 is 4.92 Å². The van der Waals surface area contributed by atoms with Crippen molar-refractivity contribution in [2.75, 3.05) is 5.32 Å². The van der Waals surface area contributed by atoms with Crippen LogP contribution in [0, 0.1) is 23.0 Å². The SMILES string of the molecule is CCc1ccc(NC(=O)C(C)Cn2nc([N+](=O)[O-])cc2C)cc1. The zero-order valence-corrected chi connectivity index (χ0v) is 13.4. The number of nitro groups is 1. The molecule has 0 aliphatic carbocycles. The van der Waals surface area contributed by atoms with Crippen LogP contribution in [0.4, 0.5) is 11.5 Å². The van der Waals surface area contributed by atoms with Crippen LogP contribution in [0.2, 0.25) is 0 Å². The zero-order chi connectivity index (χ0) is 17.0. The van der Waals surface area contributed by atoms with E-state index in [0.717, 1.165) is 12.1 Å². The van der Waals surface area contributed by atoms with Crippen molar-refractivity contribution >= 4 is 17.4 Å². The Hall–Kier alpha value is -2.70. The third-order valence-corrected chi connectivity index (χ3v) is 3.68. The Kier molecular flexibility index (Phi) is 5.10. The maximum absolute atomic E-state index is 12.2. The van der Waals surface area contributed by atoms with Crippen molar-refractivity contribution in [3.05, 3.63) is 51.7 Å². The summed E-state index contributed by atoms with van der Waals surface area (Å²) in [6.07, 6.45) is 0.946. The molecule has 1 unspecified atom stereocenters. The quantitative estimate of drug-likeness (QED) is 0.655. The lowest BCUT2D eigenvalue weighted by atomic mass is 10.1. The fraction of sp³-hybridized carbons (Fsp3) is 0.375. The van der Waals surface area contributed by atoms with Gasteiger partial charge in [0.2, 0.25) is 5.91 Å². The first-order valence-electron chi connectivity index (χ1n) is 7.49. The predicted molar refractivity (Wildman–Crippen MR) is 87.2 cm³/mol. The molecule has 1 atom stereocenters. The van der Waals surface area contributed by atoms with E-state index >= 15 is 0 Å².